The van der Waals surface area contributed by atoms with Gasteiger partial charge in [-0.2, -0.15) is 0 Å². The van der Waals surface area contributed by atoms with Gasteiger partial charge in [0.2, 0.25) is 0 Å². The van der Waals surface area contributed by atoms with Crippen LogP contribution in [0.3, 0.4) is 0 Å². The molecule has 0 aliphatic carbocycles. The van der Waals surface area contributed by atoms with Crippen molar-refractivity contribution in [2.24, 2.45) is 0 Å². The number of rotatable bonds is 6. The van der Waals surface area contributed by atoms with Gasteiger partial charge in [-0.1, -0.05) is 48.9 Å². The van der Waals surface area contributed by atoms with Crippen molar-refractivity contribution in [1.82, 2.24) is 14.9 Å². The Kier molecular flexibility index (Phi) is 4.54. The molecule has 0 fully saturated rings. The number of hydrogen-bond acceptors (Lipinski definition) is 2. The number of benzene rings is 2. The maximum Gasteiger partial charge on any atom is 0.123 e. The summed E-state index contributed by atoms with van der Waals surface area (Å²) in [6.07, 6.45) is 1.12. The zero-order chi connectivity index (χ0) is 15.4. The Morgan fingerprint density at radius 3 is 2.55 bits per heavy atom. The lowest BCUT2D eigenvalue weighted by Gasteiger charge is -2.09. The average molecular weight is 293 g/mol. The molecule has 0 saturated heterocycles. The second-order valence-corrected chi connectivity index (χ2v) is 5.76. The first-order valence-corrected chi connectivity index (χ1v) is 7.98. The summed E-state index contributed by atoms with van der Waals surface area (Å²) in [5.41, 5.74) is 4.93. The highest BCUT2D eigenvalue weighted by Gasteiger charge is 2.09. The summed E-state index contributed by atoms with van der Waals surface area (Å²) >= 11 is 0. The summed E-state index contributed by atoms with van der Waals surface area (Å²) < 4.78 is 2.33. The Balaban J connectivity index is 1.72. The van der Waals surface area contributed by atoms with Crippen LogP contribution in [0.15, 0.2) is 48.5 Å². The summed E-state index contributed by atoms with van der Waals surface area (Å²) in [5, 5.41) is 3.51. The molecule has 2 aromatic carbocycles. The zero-order valence-electron chi connectivity index (χ0n) is 13.3. The van der Waals surface area contributed by atoms with Gasteiger partial charge in [0.05, 0.1) is 17.6 Å². The Bertz CT molecular complexity index is 741. The first-order chi connectivity index (χ1) is 10.8. The van der Waals surface area contributed by atoms with Crippen molar-refractivity contribution in [3.8, 4) is 0 Å². The van der Waals surface area contributed by atoms with Gasteiger partial charge in [-0.15, -0.1) is 0 Å². The van der Waals surface area contributed by atoms with Crippen molar-refractivity contribution in [2.45, 2.75) is 39.9 Å². The van der Waals surface area contributed by atoms with E-state index in [1.807, 2.05) is 0 Å². The smallest absolute Gasteiger partial charge is 0.123 e. The van der Waals surface area contributed by atoms with Crippen LogP contribution in [0, 0.1) is 6.92 Å². The van der Waals surface area contributed by atoms with Gasteiger partial charge in [-0.3, -0.25) is 0 Å². The van der Waals surface area contributed by atoms with Crippen LogP contribution >= 0.6 is 0 Å². The van der Waals surface area contributed by atoms with Crippen LogP contribution < -0.4 is 5.32 Å². The second-order valence-electron chi connectivity index (χ2n) is 5.76. The molecular weight excluding hydrogens is 270 g/mol. The summed E-state index contributed by atoms with van der Waals surface area (Å²) in [5.74, 6) is 1.12. The number of para-hydroxylation sites is 2. The number of aryl methyl sites for hydroxylation is 2. The van der Waals surface area contributed by atoms with Crippen LogP contribution in [-0.2, 0) is 19.6 Å². The molecule has 3 nitrogen and oxygen atoms in total. The largest absolute Gasteiger partial charge is 0.327 e. The first kappa shape index (κ1) is 14.8. The monoisotopic (exact) mass is 293 g/mol. The molecule has 0 bridgehead atoms. The van der Waals surface area contributed by atoms with E-state index in [2.05, 4.69) is 72.3 Å². The van der Waals surface area contributed by atoms with Gasteiger partial charge in [-0.05, 0) is 31.0 Å². The van der Waals surface area contributed by atoms with Crippen molar-refractivity contribution in [3.05, 3.63) is 65.5 Å². The molecular formula is C19H23N3. The maximum atomic E-state index is 4.78. The van der Waals surface area contributed by atoms with Gasteiger partial charge in [0, 0.05) is 13.1 Å². The number of hydrogen-bond donors (Lipinski definition) is 1. The zero-order valence-corrected chi connectivity index (χ0v) is 13.3. The van der Waals surface area contributed by atoms with E-state index in [-0.39, 0.29) is 0 Å². The van der Waals surface area contributed by atoms with E-state index < -0.39 is 0 Å². The summed E-state index contributed by atoms with van der Waals surface area (Å²) in [6, 6.07) is 17.0. The molecule has 0 saturated carbocycles. The van der Waals surface area contributed by atoms with E-state index in [0.717, 1.165) is 37.4 Å². The molecule has 0 aliphatic rings. The second kappa shape index (κ2) is 6.75. The molecule has 114 valence electrons. The van der Waals surface area contributed by atoms with Gasteiger partial charge in [0.25, 0.3) is 0 Å². The van der Waals surface area contributed by atoms with Crippen LogP contribution in [0.1, 0.15) is 30.3 Å². The van der Waals surface area contributed by atoms with Crippen LogP contribution in [0.2, 0.25) is 0 Å². The molecule has 0 amide bonds. The maximum absolute atomic E-state index is 4.78. The number of aromatic nitrogens is 2. The lowest BCUT2D eigenvalue weighted by atomic mass is 10.1. The third kappa shape index (κ3) is 3.20. The van der Waals surface area contributed by atoms with Crippen molar-refractivity contribution >= 4 is 11.0 Å². The van der Waals surface area contributed by atoms with Gasteiger partial charge >= 0.3 is 0 Å². The topological polar surface area (TPSA) is 29.9 Å². The summed E-state index contributed by atoms with van der Waals surface area (Å²) in [7, 11) is 0. The number of fused-ring (bicyclic) bond motifs is 1. The molecule has 3 rings (SSSR count). The van der Waals surface area contributed by atoms with E-state index in [4.69, 9.17) is 4.98 Å². The third-order valence-corrected chi connectivity index (χ3v) is 3.91. The number of imidazole rings is 1. The Morgan fingerprint density at radius 1 is 1.00 bits per heavy atom. The van der Waals surface area contributed by atoms with E-state index in [1.54, 1.807) is 0 Å². The van der Waals surface area contributed by atoms with E-state index >= 15 is 0 Å². The van der Waals surface area contributed by atoms with Gasteiger partial charge in [-0.25, -0.2) is 4.98 Å². The first-order valence-electron chi connectivity index (χ1n) is 7.98. The van der Waals surface area contributed by atoms with E-state index in [0.29, 0.717) is 0 Å². The predicted octanol–water partition coefficient (Wildman–Crippen LogP) is 4.04. The molecule has 3 aromatic rings. The lowest BCUT2D eigenvalue weighted by Crippen LogP contribution is -2.16. The van der Waals surface area contributed by atoms with E-state index in [1.165, 1.54) is 16.6 Å². The SMILES string of the molecule is CCCn1c(CNCc2ccc(C)cc2)nc2ccccc21. The van der Waals surface area contributed by atoms with Crippen molar-refractivity contribution < 1.29 is 0 Å². The Hall–Kier alpha value is -2.13. The molecule has 3 heteroatoms. The van der Waals surface area contributed by atoms with Crippen LogP contribution in [0.5, 0.6) is 0 Å². The number of nitrogens with one attached hydrogen (secondary N) is 1. The minimum absolute atomic E-state index is 0.794. The third-order valence-electron chi connectivity index (χ3n) is 3.91. The average Bonchev–Trinajstić information content (AvgIpc) is 2.88. The minimum atomic E-state index is 0.794. The number of nitrogens with zero attached hydrogens (tertiary/aromatic N) is 2. The normalized spacial score (nSPS) is 11.2. The Morgan fingerprint density at radius 2 is 1.77 bits per heavy atom. The van der Waals surface area contributed by atoms with E-state index in [9.17, 15) is 0 Å². The van der Waals surface area contributed by atoms with Gasteiger partial charge in [0.1, 0.15) is 5.82 Å². The van der Waals surface area contributed by atoms with Crippen LogP contribution in [0.4, 0.5) is 0 Å². The molecule has 1 heterocycles. The van der Waals surface area contributed by atoms with Gasteiger partial charge < -0.3 is 9.88 Å². The molecule has 1 aromatic heterocycles. The summed E-state index contributed by atoms with van der Waals surface area (Å²) in [4.78, 5) is 4.78. The van der Waals surface area contributed by atoms with Crippen molar-refractivity contribution in [3.63, 3.8) is 0 Å². The van der Waals surface area contributed by atoms with Crippen LogP contribution in [-0.4, -0.2) is 9.55 Å². The molecule has 0 aliphatic heterocycles. The molecule has 0 radical (unpaired) electrons. The highest BCUT2D eigenvalue weighted by atomic mass is 15.1. The highest BCUT2D eigenvalue weighted by Crippen LogP contribution is 2.16. The molecule has 0 unspecified atom stereocenters. The van der Waals surface area contributed by atoms with Crippen molar-refractivity contribution in [2.75, 3.05) is 0 Å². The lowest BCUT2D eigenvalue weighted by molar-refractivity contribution is 0.598. The fourth-order valence-electron chi connectivity index (χ4n) is 2.76. The van der Waals surface area contributed by atoms with Crippen LogP contribution in [0.25, 0.3) is 11.0 Å². The van der Waals surface area contributed by atoms with Crippen molar-refractivity contribution in [1.29, 1.82) is 0 Å². The molecule has 0 spiro atoms. The highest BCUT2D eigenvalue weighted by molar-refractivity contribution is 5.75. The predicted molar refractivity (Wildman–Crippen MR) is 91.7 cm³/mol. The molecule has 1 N–H and O–H groups in total. The quantitative estimate of drug-likeness (QED) is 0.743. The Labute approximate surface area is 132 Å². The molecule has 22 heavy (non-hydrogen) atoms. The van der Waals surface area contributed by atoms with Gasteiger partial charge in [0.15, 0.2) is 0 Å². The summed E-state index contributed by atoms with van der Waals surface area (Å²) in [6.45, 7) is 7.00. The fraction of sp³-hybridized carbons (Fsp3) is 0.316. The fourth-order valence-corrected chi connectivity index (χ4v) is 2.76. The standard InChI is InChI=1S/C19H23N3/c1-3-12-22-18-7-5-4-6-17(18)21-19(22)14-20-13-16-10-8-15(2)9-11-16/h4-11,20H,3,12-14H2,1-2H3. The minimum Gasteiger partial charge on any atom is -0.327 e. The molecule has 0 atom stereocenters.